The van der Waals surface area contributed by atoms with Crippen LogP contribution in [0.1, 0.15) is 26.5 Å². The number of methoxy groups -OCH3 is 1. The fraction of sp³-hybridized carbons (Fsp3) is 0.241. The molecule has 0 radical (unpaired) electrons. The lowest BCUT2D eigenvalue weighted by Gasteiger charge is -2.22. The van der Waals surface area contributed by atoms with E-state index in [0.717, 1.165) is 17.7 Å². The van der Waals surface area contributed by atoms with Gasteiger partial charge in [0.1, 0.15) is 22.9 Å². The topological polar surface area (TPSA) is 124 Å². The van der Waals surface area contributed by atoms with Crippen LogP contribution in [0.3, 0.4) is 0 Å². The largest absolute Gasteiger partial charge is 0.480 e. The molecule has 0 amide bonds. The monoisotopic (exact) mass is 595 g/mol. The van der Waals surface area contributed by atoms with Gasteiger partial charge in [-0.1, -0.05) is 12.1 Å². The average molecular weight is 596 g/mol. The zero-order valence-corrected chi connectivity index (χ0v) is 24.0. The Hall–Kier alpha value is -4.49. The van der Waals surface area contributed by atoms with E-state index in [1.165, 1.54) is 25.7 Å². The molecule has 10 nitrogen and oxygen atoms in total. The van der Waals surface area contributed by atoms with Gasteiger partial charge in [0.05, 0.1) is 42.5 Å². The first-order valence-electron chi connectivity index (χ1n) is 12.8. The summed E-state index contributed by atoms with van der Waals surface area (Å²) in [6.07, 6.45) is 4.82. The van der Waals surface area contributed by atoms with Gasteiger partial charge in [0.25, 0.3) is 10.0 Å². The summed E-state index contributed by atoms with van der Waals surface area (Å²) in [5, 5.41) is 2.25. The molecule has 0 saturated carbocycles. The third-order valence-electron chi connectivity index (χ3n) is 6.46. The lowest BCUT2D eigenvalue weighted by atomic mass is 9.98. The molecule has 2 aromatic heterocycles. The van der Waals surface area contributed by atoms with Crippen molar-refractivity contribution in [1.82, 2.24) is 20.0 Å². The minimum Gasteiger partial charge on any atom is -0.480 e. The maximum absolute atomic E-state index is 14.2. The fourth-order valence-corrected chi connectivity index (χ4v) is 5.44. The van der Waals surface area contributed by atoms with Crippen molar-refractivity contribution in [2.45, 2.75) is 25.7 Å². The van der Waals surface area contributed by atoms with E-state index in [0.29, 0.717) is 46.9 Å². The fourth-order valence-electron chi connectivity index (χ4n) is 4.23. The van der Waals surface area contributed by atoms with Gasteiger partial charge in [-0.25, -0.2) is 36.9 Å². The third kappa shape index (κ3) is 5.92. The first-order valence-corrected chi connectivity index (χ1v) is 14.3. The standard InChI is InChI=1S/C29H27F2N5O5S/c1-29(2,3)28(37)41-36-10-9-18(15-36)26-21-11-17(5-7-23(21)33-16-34-26)19-12-25(27(40-4)32-14-19)42(38,39)35-24-8-6-20(30)13-22(24)31/h5-9,11-14,16,35H,10,15H2,1-4H3. The van der Waals surface area contributed by atoms with Gasteiger partial charge in [0.2, 0.25) is 5.88 Å². The van der Waals surface area contributed by atoms with E-state index in [2.05, 4.69) is 19.7 Å². The summed E-state index contributed by atoms with van der Waals surface area (Å²) in [5.74, 6) is -2.47. The lowest BCUT2D eigenvalue weighted by molar-refractivity contribution is -0.193. The minimum atomic E-state index is -4.39. The molecule has 2 aromatic carbocycles. The van der Waals surface area contributed by atoms with Crippen LogP contribution in [0.15, 0.2) is 66.0 Å². The molecule has 0 atom stereocenters. The molecule has 0 saturated heterocycles. The first kappa shape index (κ1) is 29.0. The molecule has 1 N–H and O–H groups in total. The summed E-state index contributed by atoms with van der Waals surface area (Å²) < 4.78 is 61.4. The summed E-state index contributed by atoms with van der Waals surface area (Å²) in [6, 6.07) is 9.19. The van der Waals surface area contributed by atoms with Crippen molar-refractivity contribution < 1.29 is 31.6 Å². The normalized spacial score (nSPS) is 14.1. The number of hydroxylamine groups is 2. The Kier molecular flexibility index (Phi) is 7.64. The maximum Gasteiger partial charge on any atom is 0.330 e. The molecule has 5 rings (SSSR count). The highest BCUT2D eigenvalue weighted by molar-refractivity contribution is 7.92. The van der Waals surface area contributed by atoms with Gasteiger partial charge in [0, 0.05) is 23.2 Å². The number of halogens is 2. The number of sulfonamides is 1. The molecule has 1 aliphatic rings. The number of anilines is 1. The van der Waals surface area contributed by atoms with E-state index in [1.807, 2.05) is 12.1 Å². The molecule has 218 valence electrons. The zero-order chi connectivity index (χ0) is 30.2. The number of nitrogens with one attached hydrogen (secondary N) is 1. The molecule has 0 unspecified atom stereocenters. The van der Waals surface area contributed by atoms with Crippen LogP contribution in [-0.4, -0.2) is 54.6 Å². The van der Waals surface area contributed by atoms with Gasteiger partial charge < -0.3 is 9.57 Å². The van der Waals surface area contributed by atoms with Crippen molar-refractivity contribution in [3.8, 4) is 17.0 Å². The van der Waals surface area contributed by atoms with Crippen LogP contribution in [0.25, 0.3) is 27.6 Å². The summed E-state index contributed by atoms with van der Waals surface area (Å²) >= 11 is 0. The van der Waals surface area contributed by atoms with E-state index in [1.54, 1.807) is 38.0 Å². The Morgan fingerprint density at radius 2 is 1.81 bits per heavy atom. The predicted octanol–water partition coefficient (Wildman–Crippen LogP) is 4.98. The van der Waals surface area contributed by atoms with Crippen molar-refractivity contribution in [2.75, 3.05) is 24.9 Å². The molecule has 13 heteroatoms. The predicted molar refractivity (Wildman–Crippen MR) is 152 cm³/mol. The molecule has 42 heavy (non-hydrogen) atoms. The molecule has 0 fully saturated rings. The number of hydrogen-bond acceptors (Lipinski definition) is 9. The number of rotatable bonds is 7. The highest BCUT2D eigenvalue weighted by atomic mass is 32.2. The van der Waals surface area contributed by atoms with Crippen molar-refractivity contribution in [3.63, 3.8) is 0 Å². The second kappa shape index (κ2) is 11.1. The number of hydrogen-bond donors (Lipinski definition) is 1. The quantitative estimate of drug-likeness (QED) is 0.315. The van der Waals surface area contributed by atoms with Crippen LogP contribution in [0, 0.1) is 17.0 Å². The average Bonchev–Trinajstić information content (AvgIpc) is 3.41. The van der Waals surface area contributed by atoms with Crippen molar-refractivity contribution >= 4 is 38.2 Å². The Balaban J connectivity index is 1.48. The molecular formula is C29H27F2N5O5S. The van der Waals surface area contributed by atoms with Crippen LogP contribution in [0.5, 0.6) is 5.88 Å². The minimum absolute atomic E-state index is 0.209. The molecule has 0 spiro atoms. The first-order chi connectivity index (χ1) is 19.9. The van der Waals surface area contributed by atoms with E-state index in [9.17, 15) is 22.0 Å². The molecule has 3 heterocycles. The van der Waals surface area contributed by atoms with Crippen LogP contribution in [-0.2, 0) is 19.7 Å². The van der Waals surface area contributed by atoms with Crippen LogP contribution < -0.4 is 9.46 Å². The van der Waals surface area contributed by atoms with Crippen molar-refractivity contribution in [3.05, 3.63) is 78.4 Å². The van der Waals surface area contributed by atoms with Crippen molar-refractivity contribution in [2.24, 2.45) is 5.41 Å². The maximum atomic E-state index is 14.2. The number of ether oxygens (including phenoxy) is 1. The van der Waals surface area contributed by atoms with E-state index < -0.39 is 32.8 Å². The third-order valence-corrected chi connectivity index (χ3v) is 7.82. The molecule has 0 aliphatic carbocycles. The van der Waals surface area contributed by atoms with Gasteiger partial charge in [-0.2, -0.15) is 0 Å². The number of aromatic nitrogens is 3. The second-order valence-corrected chi connectivity index (χ2v) is 12.2. The smallest absolute Gasteiger partial charge is 0.330 e. The second-order valence-electron chi connectivity index (χ2n) is 10.6. The number of carbonyl (C=O) groups is 1. The lowest BCUT2D eigenvalue weighted by Crippen LogP contribution is -2.32. The van der Waals surface area contributed by atoms with Crippen LogP contribution in [0.4, 0.5) is 14.5 Å². The Morgan fingerprint density at radius 1 is 1.02 bits per heavy atom. The summed E-state index contributed by atoms with van der Waals surface area (Å²) in [6.45, 7) is 6.06. The number of benzene rings is 2. The number of carbonyl (C=O) groups excluding carboxylic acids is 1. The molecular weight excluding hydrogens is 568 g/mol. The van der Waals surface area contributed by atoms with E-state index >= 15 is 0 Å². The summed E-state index contributed by atoms with van der Waals surface area (Å²) in [4.78, 5) is 30.5. The Labute approximate surface area is 241 Å². The molecule has 1 aliphatic heterocycles. The van der Waals surface area contributed by atoms with Crippen molar-refractivity contribution in [1.29, 1.82) is 0 Å². The highest BCUT2D eigenvalue weighted by Gasteiger charge is 2.29. The van der Waals surface area contributed by atoms with E-state index in [4.69, 9.17) is 9.57 Å². The SMILES string of the molecule is COc1ncc(-c2ccc3ncnc(C4=CCN(OC(=O)C(C)(C)C)C4)c3c2)cc1S(=O)(=O)Nc1ccc(F)cc1F. The number of nitrogens with zero attached hydrogens (tertiary/aromatic N) is 4. The van der Waals surface area contributed by atoms with Gasteiger partial charge in [-0.15, -0.1) is 5.06 Å². The highest BCUT2D eigenvalue weighted by Crippen LogP contribution is 2.33. The van der Waals surface area contributed by atoms with Gasteiger partial charge in [-0.3, -0.25) is 4.72 Å². The Morgan fingerprint density at radius 3 is 2.52 bits per heavy atom. The van der Waals surface area contributed by atoms with Gasteiger partial charge in [-0.05, 0) is 62.2 Å². The molecule has 4 aromatic rings. The summed E-state index contributed by atoms with van der Waals surface area (Å²) in [5.41, 5.74) is 2.07. The zero-order valence-electron chi connectivity index (χ0n) is 23.2. The van der Waals surface area contributed by atoms with Crippen LogP contribution in [0.2, 0.25) is 0 Å². The number of pyridine rings is 1. The summed E-state index contributed by atoms with van der Waals surface area (Å²) in [7, 11) is -3.13. The molecule has 0 bridgehead atoms. The number of fused-ring (bicyclic) bond motifs is 1. The van der Waals surface area contributed by atoms with Gasteiger partial charge in [0.15, 0.2) is 0 Å². The van der Waals surface area contributed by atoms with E-state index in [-0.39, 0.29) is 16.7 Å². The van der Waals surface area contributed by atoms with Gasteiger partial charge >= 0.3 is 5.97 Å². The Bertz CT molecular complexity index is 1840. The van der Waals surface area contributed by atoms with Crippen LogP contribution >= 0.6 is 0 Å².